The van der Waals surface area contributed by atoms with Gasteiger partial charge in [-0.15, -0.1) is 0 Å². The molecule has 1 aromatic carbocycles. The van der Waals surface area contributed by atoms with E-state index < -0.39 is 10.0 Å². The van der Waals surface area contributed by atoms with Gasteiger partial charge in [-0.1, -0.05) is 6.07 Å². The number of nitrogens with zero attached hydrogens (tertiary/aromatic N) is 1. The van der Waals surface area contributed by atoms with E-state index in [4.69, 9.17) is 0 Å². The third kappa shape index (κ3) is 3.19. The minimum atomic E-state index is -3.39. The summed E-state index contributed by atoms with van der Waals surface area (Å²) in [6.45, 7) is 3.54. The third-order valence-electron chi connectivity index (χ3n) is 3.85. The average Bonchev–Trinajstić information content (AvgIpc) is 2.91. The van der Waals surface area contributed by atoms with Crippen LogP contribution in [0.15, 0.2) is 23.1 Å². The molecule has 0 fully saturated rings. The maximum atomic E-state index is 12.6. The van der Waals surface area contributed by atoms with Gasteiger partial charge in [0, 0.05) is 26.2 Å². The van der Waals surface area contributed by atoms with E-state index >= 15 is 0 Å². The van der Waals surface area contributed by atoms with E-state index in [9.17, 15) is 8.42 Å². The smallest absolute Gasteiger partial charge is 0.243 e. The zero-order valence-corrected chi connectivity index (χ0v) is 13.9. The van der Waals surface area contributed by atoms with Gasteiger partial charge in [0.05, 0.1) is 4.90 Å². The van der Waals surface area contributed by atoms with Crippen LogP contribution in [0.25, 0.3) is 0 Å². The molecule has 6 heteroatoms. The van der Waals surface area contributed by atoms with Crippen LogP contribution in [0.3, 0.4) is 0 Å². The maximum Gasteiger partial charge on any atom is 0.243 e. The van der Waals surface area contributed by atoms with Gasteiger partial charge in [0.1, 0.15) is 0 Å². The molecular weight excluding hydrogens is 292 g/mol. The van der Waals surface area contributed by atoms with Gasteiger partial charge in [0.15, 0.2) is 0 Å². The van der Waals surface area contributed by atoms with E-state index in [1.807, 2.05) is 25.3 Å². The summed E-state index contributed by atoms with van der Waals surface area (Å²) in [6.07, 6.45) is 2.90. The molecule has 0 amide bonds. The summed E-state index contributed by atoms with van der Waals surface area (Å²) in [5.74, 6) is 0.967. The first-order valence-electron chi connectivity index (χ1n) is 6.76. The Kier molecular flexibility index (Phi) is 5.12. The molecule has 0 aromatic heterocycles. The van der Waals surface area contributed by atoms with Gasteiger partial charge in [0.25, 0.3) is 0 Å². The van der Waals surface area contributed by atoms with Gasteiger partial charge < -0.3 is 5.32 Å². The maximum absolute atomic E-state index is 12.6. The van der Waals surface area contributed by atoms with E-state index in [-0.39, 0.29) is 6.04 Å². The average molecular weight is 314 g/mol. The molecule has 1 aliphatic heterocycles. The molecule has 0 aliphatic carbocycles. The Morgan fingerprint density at radius 3 is 2.75 bits per heavy atom. The van der Waals surface area contributed by atoms with E-state index in [1.54, 1.807) is 24.9 Å². The Balaban J connectivity index is 2.21. The van der Waals surface area contributed by atoms with Gasteiger partial charge in [-0.2, -0.15) is 16.1 Å². The second kappa shape index (κ2) is 6.47. The first-order chi connectivity index (χ1) is 9.46. The van der Waals surface area contributed by atoms with Crippen molar-refractivity contribution in [2.24, 2.45) is 0 Å². The number of benzene rings is 1. The fourth-order valence-electron chi connectivity index (χ4n) is 2.30. The Labute approximate surface area is 126 Å². The fraction of sp³-hybridized carbons (Fsp3) is 0.571. The van der Waals surface area contributed by atoms with Crippen molar-refractivity contribution in [1.29, 1.82) is 0 Å². The SMILES string of the molecule is CSCCC(C)N(C)S(=O)(=O)c1ccc2c(c1)CNC2. The van der Waals surface area contributed by atoms with Crippen molar-refractivity contribution in [3.05, 3.63) is 29.3 Å². The zero-order valence-electron chi connectivity index (χ0n) is 12.2. The lowest BCUT2D eigenvalue weighted by Crippen LogP contribution is -2.35. The topological polar surface area (TPSA) is 49.4 Å². The summed E-state index contributed by atoms with van der Waals surface area (Å²) < 4.78 is 26.8. The van der Waals surface area contributed by atoms with Crippen molar-refractivity contribution in [3.63, 3.8) is 0 Å². The highest BCUT2D eigenvalue weighted by molar-refractivity contribution is 7.98. The summed E-state index contributed by atoms with van der Waals surface area (Å²) in [5.41, 5.74) is 2.29. The summed E-state index contributed by atoms with van der Waals surface area (Å²) in [6, 6.07) is 5.46. The highest BCUT2D eigenvalue weighted by atomic mass is 32.2. The molecule has 1 unspecified atom stereocenters. The van der Waals surface area contributed by atoms with Gasteiger partial charge in [0.2, 0.25) is 10.0 Å². The molecule has 0 bridgehead atoms. The molecule has 112 valence electrons. The van der Waals surface area contributed by atoms with Crippen LogP contribution >= 0.6 is 11.8 Å². The van der Waals surface area contributed by atoms with Crippen molar-refractivity contribution >= 4 is 21.8 Å². The minimum Gasteiger partial charge on any atom is -0.309 e. The van der Waals surface area contributed by atoms with Gasteiger partial charge >= 0.3 is 0 Å². The van der Waals surface area contributed by atoms with E-state index in [0.29, 0.717) is 4.90 Å². The molecule has 1 aromatic rings. The normalized spacial score (nSPS) is 16.4. The predicted molar refractivity (Wildman–Crippen MR) is 84.4 cm³/mol. The van der Waals surface area contributed by atoms with Crippen LogP contribution in [-0.4, -0.2) is 37.8 Å². The van der Waals surface area contributed by atoms with E-state index in [0.717, 1.165) is 30.8 Å². The molecule has 20 heavy (non-hydrogen) atoms. The number of hydrogen-bond donors (Lipinski definition) is 1. The van der Waals surface area contributed by atoms with Crippen molar-refractivity contribution < 1.29 is 8.42 Å². The monoisotopic (exact) mass is 314 g/mol. The third-order valence-corrected chi connectivity index (χ3v) is 6.46. The van der Waals surface area contributed by atoms with Gasteiger partial charge in [-0.3, -0.25) is 0 Å². The Morgan fingerprint density at radius 2 is 2.05 bits per heavy atom. The molecule has 4 nitrogen and oxygen atoms in total. The van der Waals surface area contributed by atoms with Crippen molar-refractivity contribution in [3.8, 4) is 0 Å². The van der Waals surface area contributed by atoms with Crippen LogP contribution in [0.5, 0.6) is 0 Å². The molecular formula is C14H22N2O2S2. The largest absolute Gasteiger partial charge is 0.309 e. The number of hydrogen-bond acceptors (Lipinski definition) is 4. The molecule has 1 N–H and O–H groups in total. The molecule has 1 aliphatic rings. The second-order valence-corrected chi connectivity index (χ2v) is 8.17. The van der Waals surface area contributed by atoms with Gasteiger partial charge in [-0.05, 0) is 48.6 Å². The van der Waals surface area contributed by atoms with Crippen molar-refractivity contribution in [2.75, 3.05) is 19.1 Å². The highest BCUT2D eigenvalue weighted by Crippen LogP contribution is 2.23. The summed E-state index contributed by atoms with van der Waals surface area (Å²) in [7, 11) is -1.72. The molecule has 0 saturated heterocycles. The second-order valence-electron chi connectivity index (χ2n) is 5.19. The summed E-state index contributed by atoms with van der Waals surface area (Å²) in [5, 5.41) is 3.24. The fourth-order valence-corrected chi connectivity index (χ4v) is 4.32. The molecule has 2 rings (SSSR count). The Bertz CT molecular complexity index is 573. The Hall–Kier alpha value is -0.560. The molecule has 0 spiro atoms. The summed E-state index contributed by atoms with van der Waals surface area (Å²) in [4.78, 5) is 0.401. The Morgan fingerprint density at radius 1 is 1.35 bits per heavy atom. The van der Waals surface area contributed by atoms with Crippen LogP contribution in [0, 0.1) is 0 Å². The van der Waals surface area contributed by atoms with Crippen LogP contribution < -0.4 is 5.32 Å². The number of thioether (sulfide) groups is 1. The number of nitrogens with one attached hydrogen (secondary N) is 1. The lowest BCUT2D eigenvalue weighted by atomic mass is 10.1. The first kappa shape index (κ1) is 15.8. The number of rotatable bonds is 6. The highest BCUT2D eigenvalue weighted by Gasteiger charge is 2.26. The molecule has 1 heterocycles. The lowest BCUT2D eigenvalue weighted by Gasteiger charge is -2.24. The van der Waals surface area contributed by atoms with Crippen LogP contribution in [0.2, 0.25) is 0 Å². The molecule has 1 atom stereocenters. The van der Waals surface area contributed by atoms with Crippen LogP contribution in [0.4, 0.5) is 0 Å². The standard InChI is InChI=1S/C14H22N2O2S2/c1-11(6-7-19-3)16(2)20(17,18)14-5-4-12-9-15-10-13(12)8-14/h4-5,8,11,15H,6-7,9-10H2,1-3H3. The number of fused-ring (bicyclic) bond motifs is 1. The number of sulfonamides is 1. The molecule has 0 saturated carbocycles. The first-order valence-corrected chi connectivity index (χ1v) is 9.59. The van der Waals surface area contributed by atoms with Gasteiger partial charge in [-0.25, -0.2) is 8.42 Å². The molecule has 0 radical (unpaired) electrons. The minimum absolute atomic E-state index is 0.0128. The zero-order chi connectivity index (χ0) is 14.8. The van der Waals surface area contributed by atoms with Crippen molar-refractivity contribution in [2.45, 2.75) is 37.4 Å². The summed E-state index contributed by atoms with van der Waals surface area (Å²) >= 11 is 1.74. The van der Waals surface area contributed by atoms with Crippen molar-refractivity contribution in [1.82, 2.24) is 9.62 Å². The lowest BCUT2D eigenvalue weighted by molar-refractivity contribution is 0.382. The predicted octanol–water partition coefficient (Wildman–Crippen LogP) is 2.05. The quantitative estimate of drug-likeness (QED) is 0.873. The van der Waals surface area contributed by atoms with Crippen LogP contribution in [0.1, 0.15) is 24.5 Å². The van der Waals surface area contributed by atoms with E-state index in [1.165, 1.54) is 9.87 Å². The van der Waals surface area contributed by atoms with Crippen LogP contribution in [-0.2, 0) is 23.1 Å². The van der Waals surface area contributed by atoms with E-state index in [2.05, 4.69) is 5.32 Å².